The van der Waals surface area contributed by atoms with Crippen LogP contribution in [0.4, 0.5) is 0 Å². The normalized spacial score (nSPS) is 12.7. The Kier molecular flexibility index (Phi) is 13.7. The number of aliphatic hydroxyl groups is 1. The minimum absolute atomic E-state index is 0.575. The smallest absolute Gasteiger partial charge is 0.329 e. The van der Waals surface area contributed by atoms with E-state index in [4.69, 9.17) is 0 Å². The third-order valence-corrected chi connectivity index (χ3v) is 4.97. The van der Waals surface area contributed by atoms with Crippen LogP contribution in [0.1, 0.15) is 90.4 Å². The maximum Gasteiger partial charge on any atom is 0.329 e. The van der Waals surface area contributed by atoms with Crippen LogP contribution in [0.15, 0.2) is 11.2 Å². The van der Waals surface area contributed by atoms with Gasteiger partial charge in [-0.15, -0.1) is 0 Å². The summed E-state index contributed by atoms with van der Waals surface area (Å²) in [6.45, 7) is 2.24. The van der Waals surface area contributed by atoms with Gasteiger partial charge in [0.05, 0.1) is 7.11 Å². The Labute approximate surface area is 137 Å². The summed E-state index contributed by atoms with van der Waals surface area (Å²) in [5.74, 6) is 0. The molecule has 0 amide bonds. The summed E-state index contributed by atoms with van der Waals surface area (Å²) in [5.41, 5.74) is 0. The molecule has 0 unspecified atom stereocenters. The third-order valence-electron chi connectivity index (χ3n) is 3.85. The quantitative estimate of drug-likeness (QED) is 0.245. The fraction of sp³-hybridized carbons (Fsp3) is 0.882. The summed E-state index contributed by atoms with van der Waals surface area (Å²) >= 11 is 0. The highest BCUT2D eigenvalue weighted by molar-refractivity contribution is 7.90. The van der Waals surface area contributed by atoms with E-state index >= 15 is 0 Å². The minimum Gasteiger partial charge on any atom is -0.497 e. The zero-order valence-corrected chi connectivity index (χ0v) is 15.2. The molecule has 0 spiro atoms. The molecule has 0 aromatic carbocycles. The molecule has 0 aliphatic rings. The Balaban J connectivity index is 3.36. The van der Waals surface area contributed by atoms with E-state index in [0.29, 0.717) is 6.42 Å². The van der Waals surface area contributed by atoms with Crippen molar-refractivity contribution in [3.8, 4) is 0 Å². The summed E-state index contributed by atoms with van der Waals surface area (Å²) in [7, 11) is -2.85. The monoisotopic (exact) mass is 334 g/mol. The molecule has 0 aromatic rings. The number of hydrogen-bond donors (Lipinski definition) is 1. The van der Waals surface area contributed by atoms with Gasteiger partial charge < -0.3 is 5.11 Å². The summed E-state index contributed by atoms with van der Waals surface area (Å²) < 4.78 is 26.4. The lowest BCUT2D eigenvalue weighted by Crippen LogP contribution is -2.05. The Morgan fingerprint density at radius 1 is 0.864 bits per heavy atom. The van der Waals surface area contributed by atoms with Crippen LogP contribution in [0.3, 0.4) is 0 Å². The standard InChI is InChI=1S/C17H34O4S/c1-3-4-5-6-7-8-9-10-11-12-13-14-15-16-17(18)22(19,20)21-2/h16,18H,3-15H2,1-2H3. The van der Waals surface area contributed by atoms with Gasteiger partial charge in [-0.05, 0) is 18.9 Å². The number of hydrogen-bond acceptors (Lipinski definition) is 4. The predicted molar refractivity (Wildman–Crippen MR) is 92.3 cm³/mol. The van der Waals surface area contributed by atoms with Crippen LogP contribution in [-0.2, 0) is 14.3 Å². The molecule has 0 aliphatic carbocycles. The lowest BCUT2D eigenvalue weighted by atomic mass is 10.0. The van der Waals surface area contributed by atoms with E-state index in [1.807, 2.05) is 0 Å². The average Bonchev–Trinajstić information content (AvgIpc) is 2.51. The first kappa shape index (κ1) is 21.4. The molecular formula is C17H34O4S. The topological polar surface area (TPSA) is 63.6 Å². The van der Waals surface area contributed by atoms with Gasteiger partial charge in [-0.3, -0.25) is 4.18 Å². The number of aliphatic hydroxyl groups excluding tert-OH is 1. The fourth-order valence-electron chi connectivity index (χ4n) is 2.40. The maximum absolute atomic E-state index is 11.1. The summed E-state index contributed by atoms with van der Waals surface area (Å²) in [6.07, 6.45) is 17.1. The van der Waals surface area contributed by atoms with Crippen molar-refractivity contribution in [2.45, 2.75) is 90.4 Å². The van der Waals surface area contributed by atoms with E-state index in [0.717, 1.165) is 20.0 Å². The zero-order chi connectivity index (χ0) is 16.7. The highest BCUT2D eigenvalue weighted by Gasteiger charge is 2.13. The van der Waals surface area contributed by atoms with Gasteiger partial charge in [0.15, 0.2) is 0 Å². The van der Waals surface area contributed by atoms with Gasteiger partial charge in [-0.2, -0.15) is 8.42 Å². The van der Waals surface area contributed by atoms with E-state index in [1.54, 1.807) is 0 Å². The molecule has 0 aliphatic heterocycles. The SMILES string of the molecule is CCCCCCCCCCCCCCC=C(O)S(=O)(=O)OC. The summed E-state index contributed by atoms with van der Waals surface area (Å²) in [4.78, 5) is 0. The predicted octanol–water partition coefficient (Wildman–Crippen LogP) is 5.45. The zero-order valence-electron chi connectivity index (χ0n) is 14.3. The van der Waals surface area contributed by atoms with Crippen molar-refractivity contribution < 1.29 is 17.7 Å². The van der Waals surface area contributed by atoms with Crippen molar-refractivity contribution in [2.24, 2.45) is 0 Å². The Bertz CT molecular complexity index is 374. The summed E-state index contributed by atoms with van der Waals surface area (Å²) in [6, 6.07) is 0. The van der Waals surface area contributed by atoms with Crippen LogP contribution < -0.4 is 0 Å². The van der Waals surface area contributed by atoms with Gasteiger partial charge in [0.2, 0.25) is 5.09 Å². The van der Waals surface area contributed by atoms with Crippen LogP contribution in [0.25, 0.3) is 0 Å². The molecule has 0 rings (SSSR count). The molecule has 0 heterocycles. The first-order chi connectivity index (χ1) is 10.5. The second-order valence-corrected chi connectivity index (χ2v) is 7.50. The van der Waals surface area contributed by atoms with Crippen LogP contribution in [0, 0.1) is 0 Å². The minimum atomic E-state index is -3.90. The first-order valence-electron chi connectivity index (χ1n) is 8.74. The molecular weight excluding hydrogens is 300 g/mol. The molecule has 0 atom stereocenters. The van der Waals surface area contributed by atoms with Gasteiger partial charge in [0.1, 0.15) is 0 Å². The van der Waals surface area contributed by atoms with Crippen molar-refractivity contribution in [2.75, 3.05) is 7.11 Å². The van der Waals surface area contributed by atoms with Gasteiger partial charge in [-0.1, -0.05) is 77.6 Å². The van der Waals surface area contributed by atoms with Crippen LogP contribution in [0.2, 0.25) is 0 Å². The van der Waals surface area contributed by atoms with Crippen LogP contribution in [0.5, 0.6) is 0 Å². The second kappa shape index (κ2) is 14.1. The molecule has 0 bridgehead atoms. The van der Waals surface area contributed by atoms with Crippen molar-refractivity contribution >= 4 is 10.1 Å². The highest BCUT2D eigenvalue weighted by Crippen LogP contribution is 2.13. The van der Waals surface area contributed by atoms with Crippen molar-refractivity contribution in [1.82, 2.24) is 0 Å². The molecule has 5 heteroatoms. The third kappa shape index (κ3) is 12.0. The maximum atomic E-state index is 11.1. The van der Waals surface area contributed by atoms with Crippen LogP contribution in [-0.4, -0.2) is 20.6 Å². The van der Waals surface area contributed by atoms with E-state index < -0.39 is 15.2 Å². The highest BCUT2D eigenvalue weighted by atomic mass is 32.2. The van der Waals surface area contributed by atoms with E-state index in [9.17, 15) is 13.5 Å². The summed E-state index contributed by atoms with van der Waals surface area (Å²) in [5, 5.41) is 8.63. The van der Waals surface area contributed by atoms with Gasteiger partial charge in [0.25, 0.3) is 0 Å². The van der Waals surface area contributed by atoms with Crippen LogP contribution >= 0.6 is 0 Å². The van der Waals surface area contributed by atoms with Gasteiger partial charge >= 0.3 is 10.1 Å². The molecule has 22 heavy (non-hydrogen) atoms. The largest absolute Gasteiger partial charge is 0.497 e. The molecule has 4 nitrogen and oxygen atoms in total. The molecule has 0 aromatic heterocycles. The molecule has 0 fully saturated rings. The van der Waals surface area contributed by atoms with Crippen molar-refractivity contribution in [3.05, 3.63) is 11.2 Å². The van der Waals surface area contributed by atoms with E-state index in [2.05, 4.69) is 11.1 Å². The lowest BCUT2D eigenvalue weighted by molar-refractivity contribution is 0.364. The molecule has 0 saturated heterocycles. The Hall–Kier alpha value is -0.550. The Morgan fingerprint density at radius 2 is 1.27 bits per heavy atom. The molecule has 1 N–H and O–H groups in total. The number of allylic oxidation sites excluding steroid dienone is 1. The Morgan fingerprint density at radius 3 is 1.68 bits per heavy atom. The van der Waals surface area contributed by atoms with Crippen molar-refractivity contribution in [1.29, 1.82) is 0 Å². The van der Waals surface area contributed by atoms with Gasteiger partial charge in [-0.25, -0.2) is 0 Å². The lowest BCUT2D eigenvalue weighted by Gasteiger charge is -2.02. The molecule has 0 saturated carbocycles. The molecule has 132 valence electrons. The van der Waals surface area contributed by atoms with E-state index in [1.165, 1.54) is 70.3 Å². The fourth-order valence-corrected chi connectivity index (χ4v) is 2.89. The van der Waals surface area contributed by atoms with E-state index in [-0.39, 0.29) is 0 Å². The van der Waals surface area contributed by atoms with Gasteiger partial charge in [0, 0.05) is 0 Å². The second-order valence-electron chi connectivity index (χ2n) is 5.84. The first-order valence-corrected chi connectivity index (χ1v) is 10.1. The number of rotatable bonds is 15. The van der Waals surface area contributed by atoms with Crippen molar-refractivity contribution in [3.63, 3.8) is 0 Å². The average molecular weight is 335 g/mol. The number of unbranched alkanes of at least 4 members (excludes halogenated alkanes) is 12. The molecule has 0 radical (unpaired) electrons.